The number of hydrogen-bond donors (Lipinski definition) is 1. The molecular formula is C13H18ClNO. The van der Waals surface area contributed by atoms with Crippen LogP contribution in [0.5, 0.6) is 0 Å². The minimum atomic E-state index is 0.0726. The first-order valence-electron chi connectivity index (χ1n) is 5.80. The average Bonchev–Trinajstić information content (AvgIpc) is 2.65. The van der Waals surface area contributed by atoms with E-state index in [2.05, 4.69) is 13.0 Å². The van der Waals surface area contributed by atoms with Crippen LogP contribution in [0.1, 0.15) is 25.3 Å². The molecular weight excluding hydrogens is 222 g/mol. The molecule has 1 aliphatic rings. The molecule has 1 aromatic carbocycles. The zero-order chi connectivity index (χ0) is 11.5. The van der Waals surface area contributed by atoms with E-state index >= 15 is 0 Å². The van der Waals surface area contributed by atoms with Crippen molar-refractivity contribution in [2.75, 3.05) is 0 Å². The smallest absolute Gasteiger partial charge is 0.0733 e. The van der Waals surface area contributed by atoms with Crippen LogP contribution in [0.2, 0.25) is 5.02 Å². The summed E-state index contributed by atoms with van der Waals surface area (Å²) in [5.41, 5.74) is 7.34. The van der Waals surface area contributed by atoms with Crippen molar-refractivity contribution in [1.82, 2.24) is 0 Å². The van der Waals surface area contributed by atoms with Gasteiger partial charge in [-0.3, -0.25) is 0 Å². The van der Waals surface area contributed by atoms with Crippen LogP contribution in [0.3, 0.4) is 0 Å². The van der Waals surface area contributed by atoms with Crippen LogP contribution < -0.4 is 5.73 Å². The van der Waals surface area contributed by atoms with Crippen LogP contribution in [0.15, 0.2) is 24.3 Å². The zero-order valence-electron chi connectivity index (χ0n) is 9.53. The number of ether oxygens (including phenoxy) is 1. The maximum absolute atomic E-state index is 6.16. The second-order valence-corrected chi connectivity index (χ2v) is 5.00. The third-order valence-corrected chi connectivity index (χ3v) is 3.34. The van der Waals surface area contributed by atoms with Crippen LogP contribution >= 0.6 is 11.6 Å². The summed E-state index contributed by atoms with van der Waals surface area (Å²) in [5.74, 6) is 0. The fraction of sp³-hybridized carbons (Fsp3) is 0.538. The van der Waals surface area contributed by atoms with Crippen molar-refractivity contribution in [3.05, 3.63) is 34.9 Å². The summed E-state index contributed by atoms with van der Waals surface area (Å²) in [6, 6.07) is 7.94. The fourth-order valence-corrected chi connectivity index (χ4v) is 2.43. The van der Waals surface area contributed by atoms with Crippen molar-refractivity contribution in [3.8, 4) is 0 Å². The van der Waals surface area contributed by atoms with E-state index in [1.54, 1.807) is 0 Å². The molecule has 0 radical (unpaired) electrons. The summed E-state index contributed by atoms with van der Waals surface area (Å²) in [6.45, 7) is 2.10. The molecule has 0 spiro atoms. The molecule has 1 saturated heterocycles. The maximum Gasteiger partial charge on any atom is 0.0733 e. The minimum Gasteiger partial charge on any atom is -0.374 e. The SMILES string of the molecule is CC1CCC(C(N)Cc2cccc(Cl)c2)O1. The lowest BCUT2D eigenvalue weighted by Gasteiger charge is -2.19. The van der Waals surface area contributed by atoms with Crippen LogP contribution in [-0.2, 0) is 11.2 Å². The van der Waals surface area contributed by atoms with Gasteiger partial charge in [0.05, 0.1) is 12.2 Å². The third kappa shape index (κ3) is 2.97. The lowest BCUT2D eigenvalue weighted by Crippen LogP contribution is -2.36. The Labute approximate surface area is 102 Å². The highest BCUT2D eigenvalue weighted by Crippen LogP contribution is 2.23. The molecule has 0 aromatic heterocycles. The number of rotatable bonds is 3. The van der Waals surface area contributed by atoms with Crippen molar-refractivity contribution < 1.29 is 4.74 Å². The first-order chi connectivity index (χ1) is 7.65. The van der Waals surface area contributed by atoms with Crippen LogP contribution in [0.25, 0.3) is 0 Å². The average molecular weight is 240 g/mol. The van der Waals surface area contributed by atoms with E-state index in [9.17, 15) is 0 Å². The zero-order valence-corrected chi connectivity index (χ0v) is 10.3. The lowest BCUT2D eigenvalue weighted by molar-refractivity contribution is 0.0404. The molecule has 0 bridgehead atoms. The largest absolute Gasteiger partial charge is 0.374 e. The Hall–Kier alpha value is -0.570. The van der Waals surface area contributed by atoms with Gasteiger partial charge in [-0.05, 0) is 43.9 Å². The van der Waals surface area contributed by atoms with Gasteiger partial charge >= 0.3 is 0 Å². The van der Waals surface area contributed by atoms with Gasteiger partial charge in [0.15, 0.2) is 0 Å². The van der Waals surface area contributed by atoms with E-state index in [-0.39, 0.29) is 12.1 Å². The van der Waals surface area contributed by atoms with Gasteiger partial charge in [-0.25, -0.2) is 0 Å². The molecule has 2 rings (SSSR count). The van der Waals surface area contributed by atoms with Crippen molar-refractivity contribution in [2.45, 2.75) is 44.4 Å². The first-order valence-corrected chi connectivity index (χ1v) is 6.18. The van der Waals surface area contributed by atoms with Gasteiger partial charge in [0.1, 0.15) is 0 Å². The normalized spacial score (nSPS) is 26.9. The summed E-state index contributed by atoms with van der Waals surface area (Å²) >= 11 is 5.94. The Morgan fingerprint density at radius 2 is 2.31 bits per heavy atom. The fourth-order valence-electron chi connectivity index (χ4n) is 2.22. The summed E-state index contributed by atoms with van der Waals surface area (Å²) < 4.78 is 5.77. The highest BCUT2D eigenvalue weighted by Gasteiger charge is 2.27. The van der Waals surface area contributed by atoms with Crippen molar-refractivity contribution in [1.29, 1.82) is 0 Å². The van der Waals surface area contributed by atoms with Gasteiger partial charge in [0, 0.05) is 11.1 Å². The van der Waals surface area contributed by atoms with Gasteiger partial charge in [-0.15, -0.1) is 0 Å². The van der Waals surface area contributed by atoms with E-state index in [0.717, 1.165) is 24.3 Å². The van der Waals surface area contributed by atoms with Gasteiger partial charge < -0.3 is 10.5 Å². The van der Waals surface area contributed by atoms with E-state index in [1.807, 2.05) is 18.2 Å². The Bertz CT molecular complexity index is 356. The summed E-state index contributed by atoms with van der Waals surface area (Å²) in [5, 5.41) is 0.769. The molecule has 2 nitrogen and oxygen atoms in total. The minimum absolute atomic E-state index is 0.0726. The summed E-state index contributed by atoms with van der Waals surface area (Å²) in [7, 11) is 0. The van der Waals surface area contributed by atoms with Crippen LogP contribution in [0.4, 0.5) is 0 Å². The summed E-state index contributed by atoms with van der Waals surface area (Å²) in [4.78, 5) is 0. The van der Waals surface area contributed by atoms with Gasteiger partial charge in [0.2, 0.25) is 0 Å². The molecule has 1 fully saturated rings. The Morgan fingerprint density at radius 1 is 1.50 bits per heavy atom. The molecule has 3 unspecified atom stereocenters. The Balaban J connectivity index is 1.94. The molecule has 0 saturated carbocycles. The molecule has 1 aliphatic heterocycles. The van der Waals surface area contributed by atoms with Gasteiger partial charge in [-0.1, -0.05) is 23.7 Å². The van der Waals surface area contributed by atoms with Crippen LogP contribution in [-0.4, -0.2) is 18.2 Å². The highest BCUT2D eigenvalue weighted by molar-refractivity contribution is 6.30. The first kappa shape index (κ1) is 11.9. The molecule has 1 heterocycles. The van der Waals surface area contributed by atoms with Crippen molar-refractivity contribution >= 4 is 11.6 Å². The molecule has 2 N–H and O–H groups in total. The second kappa shape index (κ2) is 5.17. The quantitative estimate of drug-likeness (QED) is 0.881. The monoisotopic (exact) mass is 239 g/mol. The molecule has 1 aromatic rings. The lowest BCUT2D eigenvalue weighted by atomic mass is 10.0. The summed E-state index contributed by atoms with van der Waals surface area (Å²) in [6.07, 6.45) is 3.58. The van der Waals surface area contributed by atoms with E-state index in [0.29, 0.717) is 6.10 Å². The molecule has 3 heteroatoms. The number of nitrogens with two attached hydrogens (primary N) is 1. The van der Waals surface area contributed by atoms with Gasteiger partial charge in [-0.2, -0.15) is 0 Å². The van der Waals surface area contributed by atoms with Crippen molar-refractivity contribution in [2.24, 2.45) is 5.73 Å². The van der Waals surface area contributed by atoms with E-state index < -0.39 is 0 Å². The van der Waals surface area contributed by atoms with E-state index in [4.69, 9.17) is 22.1 Å². The number of hydrogen-bond acceptors (Lipinski definition) is 2. The highest BCUT2D eigenvalue weighted by atomic mass is 35.5. The predicted octanol–water partition coefficient (Wildman–Crippen LogP) is 2.78. The third-order valence-electron chi connectivity index (χ3n) is 3.10. The standard InChI is InChI=1S/C13H18ClNO/c1-9-5-6-13(16-9)12(15)8-10-3-2-4-11(14)7-10/h2-4,7,9,12-13H,5-6,8,15H2,1H3. The molecule has 0 amide bonds. The van der Waals surface area contributed by atoms with E-state index in [1.165, 1.54) is 5.56 Å². The van der Waals surface area contributed by atoms with Crippen molar-refractivity contribution in [3.63, 3.8) is 0 Å². The Morgan fingerprint density at radius 3 is 2.94 bits per heavy atom. The van der Waals surface area contributed by atoms with Crippen LogP contribution in [0, 0.1) is 0 Å². The number of benzene rings is 1. The van der Waals surface area contributed by atoms with Gasteiger partial charge in [0.25, 0.3) is 0 Å². The number of halogens is 1. The predicted molar refractivity (Wildman–Crippen MR) is 66.7 cm³/mol. The Kier molecular flexibility index (Phi) is 3.85. The molecule has 16 heavy (non-hydrogen) atoms. The second-order valence-electron chi connectivity index (χ2n) is 4.56. The molecule has 0 aliphatic carbocycles. The maximum atomic E-state index is 6.16. The molecule has 3 atom stereocenters. The topological polar surface area (TPSA) is 35.2 Å². The molecule has 88 valence electrons.